The quantitative estimate of drug-likeness (QED) is 0.391. The van der Waals surface area contributed by atoms with Gasteiger partial charge in [-0.25, -0.2) is 4.79 Å². The van der Waals surface area contributed by atoms with Crippen molar-refractivity contribution in [3.05, 3.63) is 23.3 Å². The van der Waals surface area contributed by atoms with Crippen molar-refractivity contribution in [2.75, 3.05) is 6.61 Å². The van der Waals surface area contributed by atoms with Gasteiger partial charge in [-0.1, -0.05) is 37.0 Å². The molecule has 1 aliphatic rings. The highest BCUT2D eigenvalue weighted by Gasteiger charge is 2.29. The van der Waals surface area contributed by atoms with Crippen molar-refractivity contribution >= 4 is 11.8 Å². The number of rotatable bonds is 7. The third-order valence-electron chi connectivity index (χ3n) is 4.33. The largest absolute Gasteiger partial charge is 0.456 e. The third kappa shape index (κ3) is 7.06. The average Bonchev–Trinajstić information content (AvgIpc) is 2.46. The number of allylic oxidation sites excluding steroid dienone is 3. The number of carbonyl (C=O) groups excluding carboxylic acids is 2. The van der Waals surface area contributed by atoms with E-state index in [4.69, 9.17) is 4.74 Å². The smallest absolute Gasteiger partial charge is 0.375 e. The Hall–Kier alpha value is -1.38. The van der Waals surface area contributed by atoms with Gasteiger partial charge in [0.25, 0.3) is 0 Å². The van der Waals surface area contributed by atoms with Crippen LogP contribution in [0.3, 0.4) is 0 Å². The first-order valence-electron chi connectivity index (χ1n) is 8.40. The molecule has 0 saturated heterocycles. The summed E-state index contributed by atoms with van der Waals surface area (Å²) < 4.78 is 5.10. The minimum absolute atomic E-state index is 0.119. The van der Waals surface area contributed by atoms with Gasteiger partial charge < -0.3 is 4.74 Å². The molecule has 124 valence electrons. The van der Waals surface area contributed by atoms with E-state index in [0.717, 1.165) is 38.5 Å². The molecule has 22 heavy (non-hydrogen) atoms. The molecule has 0 aromatic rings. The van der Waals surface area contributed by atoms with E-state index in [0.29, 0.717) is 5.92 Å². The summed E-state index contributed by atoms with van der Waals surface area (Å²) in [6, 6.07) is 0. The molecule has 1 aliphatic carbocycles. The summed E-state index contributed by atoms with van der Waals surface area (Å²) in [4.78, 5) is 23.8. The molecule has 3 nitrogen and oxygen atoms in total. The van der Waals surface area contributed by atoms with Crippen molar-refractivity contribution in [2.45, 2.75) is 66.2 Å². The summed E-state index contributed by atoms with van der Waals surface area (Å²) in [5, 5.41) is 0. The fourth-order valence-electron chi connectivity index (χ4n) is 2.71. The van der Waals surface area contributed by atoms with Gasteiger partial charge in [-0.2, -0.15) is 0 Å². The summed E-state index contributed by atoms with van der Waals surface area (Å²) in [7, 11) is 0. The topological polar surface area (TPSA) is 43.4 Å². The predicted octanol–water partition coefficient (Wildman–Crippen LogP) is 4.62. The zero-order valence-electron chi connectivity index (χ0n) is 14.5. The fraction of sp³-hybridized carbons (Fsp3) is 0.684. The molecule has 0 spiro atoms. The highest BCUT2D eigenvalue weighted by molar-refractivity contribution is 6.34. The van der Waals surface area contributed by atoms with Crippen LogP contribution in [0.5, 0.6) is 0 Å². The van der Waals surface area contributed by atoms with E-state index in [1.165, 1.54) is 11.1 Å². The molecule has 1 fully saturated rings. The Morgan fingerprint density at radius 2 is 1.68 bits per heavy atom. The molecule has 0 unspecified atom stereocenters. The maximum Gasteiger partial charge on any atom is 0.375 e. The van der Waals surface area contributed by atoms with Crippen molar-refractivity contribution in [1.82, 2.24) is 0 Å². The monoisotopic (exact) mass is 306 g/mol. The predicted molar refractivity (Wildman–Crippen MR) is 89.5 cm³/mol. The molecule has 3 heteroatoms. The van der Waals surface area contributed by atoms with E-state index < -0.39 is 5.97 Å². The van der Waals surface area contributed by atoms with Crippen LogP contribution in [0, 0.1) is 11.8 Å². The summed E-state index contributed by atoms with van der Waals surface area (Å²) >= 11 is 0. The van der Waals surface area contributed by atoms with Gasteiger partial charge in [0.05, 0.1) is 0 Å². The molecule has 0 N–H and O–H groups in total. The lowest BCUT2D eigenvalue weighted by Gasteiger charge is -2.24. The zero-order valence-corrected chi connectivity index (χ0v) is 14.5. The van der Waals surface area contributed by atoms with Crippen molar-refractivity contribution in [3.63, 3.8) is 0 Å². The Labute approximate surface area is 134 Å². The average molecular weight is 306 g/mol. The summed E-state index contributed by atoms with van der Waals surface area (Å²) in [5.74, 6) is -0.437. The van der Waals surface area contributed by atoms with E-state index in [1.54, 1.807) is 0 Å². The molecule has 0 aromatic heterocycles. The molecule has 1 saturated carbocycles. The second-order valence-corrected chi connectivity index (χ2v) is 6.79. The van der Waals surface area contributed by atoms with Crippen molar-refractivity contribution in [2.24, 2.45) is 11.8 Å². The van der Waals surface area contributed by atoms with Gasteiger partial charge in [0.2, 0.25) is 5.78 Å². The Bertz CT molecular complexity index is 434. The van der Waals surface area contributed by atoms with Crippen molar-refractivity contribution in [3.8, 4) is 0 Å². The van der Waals surface area contributed by atoms with Gasteiger partial charge in [0, 0.05) is 5.92 Å². The third-order valence-corrected chi connectivity index (χ3v) is 4.33. The normalized spacial score (nSPS) is 22.1. The number of hydrogen-bond acceptors (Lipinski definition) is 3. The van der Waals surface area contributed by atoms with Crippen LogP contribution in [0.2, 0.25) is 0 Å². The molecule has 0 atom stereocenters. The SMILES string of the molecule is CC(C)=CCC/C(C)=C/COC(=O)C(=O)C1CCC(C)CC1. The minimum atomic E-state index is -0.659. The molecule has 0 aromatic carbocycles. The van der Waals surface area contributed by atoms with Gasteiger partial charge >= 0.3 is 5.97 Å². The summed E-state index contributed by atoms with van der Waals surface area (Å²) in [5.41, 5.74) is 2.50. The Kier molecular flexibility index (Phi) is 8.15. The van der Waals surface area contributed by atoms with Crippen LogP contribution in [0.1, 0.15) is 66.2 Å². The maximum atomic E-state index is 12.0. The molecular formula is C19H30O3. The first-order valence-corrected chi connectivity index (χ1v) is 8.40. The number of ketones is 1. The number of ether oxygens (including phenoxy) is 1. The van der Waals surface area contributed by atoms with E-state index in [-0.39, 0.29) is 18.3 Å². The second kappa shape index (κ2) is 9.60. The van der Waals surface area contributed by atoms with Gasteiger partial charge in [-0.15, -0.1) is 0 Å². The number of esters is 1. The Balaban J connectivity index is 2.30. The lowest BCUT2D eigenvalue weighted by molar-refractivity contribution is -0.155. The highest BCUT2D eigenvalue weighted by Crippen LogP contribution is 2.29. The second-order valence-electron chi connectivity index (χ2n) is 6.79. The van der Waals surface area contributed by atoms with Crippen LogP contribution in [0.15, 0.2) is 23.3 Å². The van der Waals surface area contributed by atoms with Crippen LogP contribution in [0.25, 0.3) is 0 Å². The fourth-order valence-corrected chi connectivity index (χ4v) is 2.71. The minimum Gasteiger partial charge on any atom is -0.456 e. The maximum absolute atomic E-state index is 12.0. The van der Waals surface area contributed by atoms with Crippen LogP contribution in [0.4, 0.5) is 0 Å². The molecule has 0 radical (unpaired) electrons. The van der Waals surface area contributed by atoms with E-state index in [2.05, 4.69) is 26.8 Å². The van der Waals surface area contributed by atoms with Gasteiger partial charge in [0.1, 0.15) is 6.61 Å². The van der Waals surface area contributed by atoms with Gasteiger partial charge in [0.15, 0.2) is 0 Å². The number of hydrogen-bond donors (Lipinski definition) is 0. The Morgan fingerprint density at radius 3 is 2.27 bits per heavy atom. The highest BCUT2D eigenvalue weighted by atomic mass is 16.5. The zero-order chi connectivity index (χ0) is 16.5. The molecule has 0 heterocycles. The van der Waals surface area contributed by atoms with E-state index in [9.17, 15) is 9.59 Å². The van der Waals surface area contributed by atoms with Gasteiger partial charge in [-0.05, 0) is 58.4 Å². The van der Waals surface area contributed by atoms with Crippen LogP contribution >= 0.6 is 0 Å². The Morgan fingerprint density at radius 1 is 1.05 bits per heavy atom. The first-order chi connectivity index (χ1) is 10.4. The molecule has 0 bridgehead atoms. The van der Waals surface area contributed by atoms with E-state index >= 15 is 0 Å². The summed E-state index contributed by atoms with van der Waals surface area (Å²) in [6.07, 6.45) is 9.76. The lowest BCUT2D eigenvalue weighted by atomic mass is 9.81. The first kappa shape index (κ1) is 18.7. The number of Topliss-reactive ketones (excluding diaryl/α,β-unsaturated/α-hetero) is 1. The number of carbonyl (C=O) groups is 2. The van der Waals surface area contributed by atoms with Crippen LogP contribution < -0.4 is 0 Å². The van der Waals surface area contributed by atoms with Gasteiger partial charge in [-0.3, -0.25) is 4.79 Å². The molecule has 1 rings (SSSR count). The lowest BCUT2D eigenvalue weighted by Crippen LogP contribution is -2.29. The van der Waals surface area contributed by atoms with Crippen LogP contribution in [-0.4, -0.2) is 18.4 Å². The molecule has 0 aliphatic heterocycles. The molecular weight excluding hydrogens is 276 g/mol. The standard InChI is InChI=1S/C19H30O3/c1-14(2)6-5-7-15(3)12-13-22-19(21)18(20)17-10-8-16(4)9-11-17/h6,12,16-17H,5,7-11,13H2,1-4H3/b15-12+. The van der Waals surface area contributed by atoms with Crippen molar-refractivity contribution < 1.29 is 14.3 Å². The summed E-state index contributed by atoms with van der Waals surface area (Å²) in [6.45, 7) is 8.59. The van der Waals surface area contributed by atoms with Crippen LogP contribution in [-0.2, 0) is 14.3 Å². The van der Waals surface area contributed by atoms with E-state index in [1.807, 2.05) is 13.0 Å². The van der Waals surface area contributed by atoms with Crippen molar-refractivity contribution in [1.29, 1.82) is 0 Å². The molecule has 0 amide bonds.